The highest BCUT2D eigenvalue weighted by atomic mass is 32.2. The van der Waals surface area contributed by atoms with Crippen LogP contribution in [-0.4, -0.2) is 107 Å². The zero-order valence-electron chi connectivity index (χ0n) is 20.6. The smallest absolute Gasteiger partial charge is 0.0593 e. The van der Waals surface area contributed by atoms with Crippen LogP contribution in [0.3, 0.4) is 0 Å². The Hall–Kier alpha value is 2.29. The zero-order valence-corrected chi connectivity index (χ0v) is 26.6. The predicted octanol–water partition coefficient (Wildman–Crippen LogP) is 5.26. The van der Waals surface area contributed by atoms with Crippen molar-refractivity contribution in [1.29, 1.82) is 0 Å². The molecule has 0 aromatic rings. The van der Waals surface area contributed by atoms with Gasteiger partial charge in [0, 0.05) is 54.5 Å². The summed E-state index contributed by atoms with van der Waals surface area (Å²) in [6, 6.07) is 0. The highest BCUT2D eigenvalue weighted by molar-refractivity contribution is 8.05. The van der Waals surface area contributed by atoms with E-state index in [9.17, 15) is 0 Å². The van der Waals surface area contributed by atoms with E-state index in [-0.39, 0.29) is 21.0 Å². The molecule has 0 aliphatic carbocycles. The van der Waals surface area contributed by atoms with E-state index >= 15 is 0 Å². The summed E-state index contributed by atoms with van der Waals surface area (Å²) in [5.41, 5.74) is 0. The van der Waals surface area contributed by atoms with E-state index in [1.54, 1.807) is 0 Å². The van der Waals surface area contributed by atoms with Crippen molar-refractivity contribution in [1.82, 2.24) is 0 Å². The standard InChI is InChI=1S/C22H46O4S7/c1-17(27)9-23-5-7-31-15-21(13-25-11-19(3)29)33-16-22(14-26-12-20(4)30)32-8-6-24-10-18(2)28/h17-22,27-30H,5-16H2,1-4H3. The summed E-state index contributed by atoms with van der Waals surface area (Å²) in [5.74, 6) is 4.01. The molecule has 0 rings (SSSR count). The van der Waals surface area contributed by atoms with Gasteiger partial charge in [-0.2, -0.15) is 85.8 Å². The van der Waals surface area contributed by atoms with Gasteiger partial charge in [-0.1, -0.05) is 27.7 Å². The van der Waals surface area contributed by atoms with Gasteiger partial charge in [0.2, 0.25) is 0 Å². The molecule has 200 valence electrons. The Morgan fingerprint density at radius 2 is 0.939 bits per heavy atom. The molecule has 0 saturated carbocycles. The number of rotatable bonds is 24. The van der Waals surface area contributed by atoms with Gasteiger partial charge in [0.15, 0.2) is 0 Å². The van der Waals surface area contributed by atoms with E-state index in [0.29, 0.717) is 36.9 Å². The number of hydrogen-bond acceptors (Lipinski definition) is 11. The maximum absolute atomic E-state index is 5.92. The van der Waals surface area contributed by atoms with Crippen LogP contribution in [0.1, 0.15) is 27.7 Å². The molecule has 0 aliphatic heterocycles. The fourth-order valence-corrected chi connectivity index (χ4v) is 6.38. The van der Waals surface area contributed by atoms with Gasteiger partial charge in [-0.15, -0.1) is 0 Å². The normalized spacial score (nSPS) is 17.5. The second-order valence-electron chi connectivity index (χ2n) is 8.14. The molecule has 0 heterocycles. The summed E-state index contributed by atoms with van der Waals surface area (Å²) < 4.78 is 23.2. The van der Waals surface area contributed by atoms with E-state index in [1.807, 2.05) is 49.1 Å². The molecule has 0 bridgehead atoms. The summed E-state index contributed by atoms with van der Waals surface area (Å²) in [6.07, 6.45) is 0. The molecule has 0 radical (unpaired) electrons. The van der Waals surface area contributed by atoms with Crippen LogP contribution in [0.15, 0.2) is 0 Å². The van der Waals surface area contributed by atoms with Crippen LogP contribution in [-0.2, 0) is 18.9 Å². The minimum atomic E-state index is 0.247. The summed E-state index contributed by atoms with van der Waals surface area (Å²) in [7, 11) is 0. The minimum absolute atomic E-state index is 0.247. The van der Waals surface area contributed by atoms with Gasteiger partial charge in [-0.05, 0) is 0 Å². The molecule has 0 fully saturated rings. The van der Waals surface area contributed by atoms with Gasteiger partial charge in [0.25, 0.3) is 0 Å². The molecule has 11 heteroatoms. The number of thioether (sulfide) groups is 3. The van der Waals surface area contributed by atoms with Gasteiger partial charge < -0.3 is 18.9 Å². The molecule has 0 aromatic carbocycles. The predicted molar refractivity (Wildman–Crippen MR) is 167 cm³/mol. The van der Waals surface area contributed by atoms with E-state index in [4.69, 9.17) is 18.9 Å². The maximum Gasteiger partial charge on any atom is 0.0593 e. The van der Waals surface area contributed by atoms with Crippen molar-refractivity contribution in [3.63, 3.8) is 0 Å². The van der Waals surface area contributed by atoms with Crippen molar-refractivity contribution >= 4 is 85.8 Å². The Morgan fingerprint density at radius 1 is 0.515 bits per heavy atom. The lowest BCUT2D eigenvalue weighted by Crippen LogP contribution is -2.24. The Labute approximate surface area is 238 Å². The summed E-state index contributed by atoms with van der Waals surface area (Å²) in [5, 5.41) is 1.89. The monoisotopic (exact) mass is 598 g/mol. The summed E-state index contributed by atoms with van der Waals surface area (Å²) in [4.78, 5) is 0. The molecule has 4 nitrogen and oxygen atoms in total. The van der Waals surface area contributed by atoms with Crippen molar-refractivity contribution in [2.24, 2.45) is 0 Å². The van der Waals surface area contributed by atoms with Crippen molar-refractivity contribution < 1.29 is 18.9 Å². The summed E-state index contributed by atoms with van der Waals surface area (Å²) >= 11 is 23.4. The molecule has 0 N–H and O–H groups in total. The lowest BCUT2D eigenvalue weighted by molar-refractivity contribution is 0.140. The fourth-order valence-electron chi connectivity index (χ4n) is 2.39. The van der Waals surface area contributed by atoms with E-state index in [1.165, 1.54) is 0 Å². The Kier molecular flexibility index (Phi) is 26.3. The van der Waals surface area contributed by atoms with Crippen molar-refractivity contribution in [2.45, 2.75) is 59.2 Å². The van der Waals surface area contributed by atoms with Crippen LogP contribution in [0.4, 0.5) is 0 Å². The molecule has 0 spiro atoms. The van der Waals surface area contributed by atoms with Crippen LogP contribution < -0.4 is 0 Å². The molecule has 0 aliphatic rings. The first-order valence-electron chi connectivity index (χ1n) is 11.5. The molecule has 0 aromatic heterocycles. The molecule has 6 atom stereocenters. The van der Waals surface area contributed by atoms with E-state index in [2.05, 4.69) is 64.4 Å². The van der Waals surface area contributed by atoms with Gasteiger partial charge in [-0.3, -0.25) is 0 Å². The van der Waals surface area contributed by atoms with E-state index in [0.717, 1.165) is 49.4 Å². The molecular weight excluding hydrogens is 553 g/mol. The number of hydrogen-bond donors (Lipinski definition) is 4. The highest BCUT2D eigenvalue weighted by Crippen LogP contribution is 2.24. The topological polar surface area (TPSA) is 36.9 Å². The second-order valence-corrected chi connectivity index (χ2v) is 15.6. The zero-order chi connectivity index (χ0) is 24.9. The quantitative estimate of drug-likeness (QED) is 0.0892. The molecular formula is C22H46O4S7. The third-order valence-corrected chi connectivity index (χ3v) is 8.48. The van der Waals surface area contributed by atoms with Gasteiger partial charge >= 0.3 is 0 Å². The Bertz CT molecular complexity index is 418. The maximum atomic E-state index is 5.92. The minimum Gasteiger partial charge on any atom is -0.379 e. The lowest BCUT2D eigenvalue weighted by atomic mass is 10.5. The van der Waals surface area contributed by atoms with Crippen molar-refractivity contribution in [3.8, 4) is 0 Å². The van der Waals surface area contributed by atoms with Crippen LogP contribution in [0, 0.1) is 0 Å². The van der Waals surface area contributed by atoms with Crippen LogP contribution in [0.5, 0.6) is 0 Å². The summed E-state index contributed by atoms with van der Waals surface area (Å²) in [6.45, 7) is 13.9. The van der Waals surface area contributed by atoms with Crippen LogP contribution >= 0.6 is 85.8 Å². The second kappa shape index (κ2) is 24.6. The first-order chi connectivity index (χ1) is 15.7. The van der Waals surface area contributed by atoms with Gasteiger partial charge in [-0.25, -0.2) is 0 Å². The molecule has 6 unspecified atom stereocenters. The first-order valence-corrected chi connectivity index (χ1v) is 16.9. The lowest BCUT2D eigenvalue weighted by Gasteiger charge is -2.22. The average molecular weight is 599 g/mol. The SMILES string of the molecule is CC(S)COCCSCC(COCC(C)S)SCC(COCC(C)S)SCCOCC(C)S. The van der Waals surface area contributed by atoms with Gasteiger partial charge in [0.1, 0.15) is 0 Å². The number of ether oxygens (including phenoxy) is 4. The third kappa shape index (κ3) is 27.1. The van der Waals surface area contributed by atoms with Crippen LogP contribution in [0.2, 0.25) is 0 Å². The molecule has 0 amide bonds. The van der Waals surface area contributed by atoms with Gasteiger partial charge in [0.05, 0.1) is 52.9 Å². The molecule has 33 heavy (non-hydrogen) atoms. The molecule has 0 saturated heterocycles. The van der Waals surface area contributed by atoms with E-state index < -0.39 is 0 Å². The average Bonchev–Trinajstić information content (AvgIpc) is 2.71. The Morgan fingerprint density at radius 3 is 1.42 bits per heavy atom. The largest absolute Gasteiger partial charge is 0.379 e. The first kappa shape index (κ1) is 35.3. The number of thiol groups is 4. The van der Waals surface area contributed by atoms with Crippen molar-refractivity contribution in [2.75, 3.05) is 75.9 Å². The fraction of sp³-hybridized carbons (Fsp3) is 1.00. The van der Waals surface area contributed by atoms with Crippen molar-refractivity contribution in [3.05, 3.63) is 0 Å². The third-order valence-electron chi connectivity index (χ3n) is 3.82. The van der Waals surface area contributed by atoms with Crippen LogP contribution in [0.25, 0.3) is 0 Å². The highest BCUT2D eigenvalue weighted by Gasteiger charge is 2.17. The Balaban J connectivity index is 4.50.